The van der Waals surface area contributed by atoms with Crippen LogP contribution in [-0.4, -0.2) is 55.5 Å². The number of hydrogen-bond acceptors (Lipinski definition) is 5. The van der Waals surface area contributed by atoms with Crippen LogP contribution in [0.2, 0.25) is 0 Å². The molecule has 6 nitrogen and oxygen atoms in total. The third-order valence-electron chi connectivity index (χ3n) is 4.36. The van der Waals surface area contributed by atoms with Gasteiger partial charge in [-0.2, -0.15) is 4.31 Å². The molecule has 0 spiro atoms. The fourth-order valence-electron chi connectivity index (χ4n) is 2.82. The van der Waals surface area contributed by atoms with E-state index in [1.807, 2.05) is 17.5 Å². The number of sulfonamides is 1. The zero-order chi connectivity index (χ0) is 19.4. The molecule has 0 saturated carbocycles. The maximum atomic E-state index is 12.8. The second-order valence-electron chi connectivity index (χ2n) is 6.16. The van der Waals surface area contributed by atoms with Crippen LogP contribution in [0.4, 0.5) is 0 Å². The largest absolute Gasteiger partial charge is 0.337 e. The Morgan fingerprint density at radius 1 is 1.07 bits per heavy atom. The highest BCUT2D eigenvalue weighted by Gasteiger charge is 2.29. The monoisotopic (exact) mass is 404 g/mol. The minimum Gasteiger partial charge on any atom is -0.337 e. The predicted molar refractivity (Wildman–Crippen MR) is 105 cm³/mol. The first kappa shape index (κ1) is 19.5. The molecule has 1 fully saturated rings. The first-order valence-corrected chi connectivity index (χ1v) is 10.8. The third-order valence-corrected chi connectivity index (χ3v) is 7.09. The number of carbonyl (C=O) groups excluding carboxylic acids is 2. The van der Waals surface area contributed by atoms with Gasteiger partial charge < -0.3 is 4.90 Å². The summed E-state index contributed by atoms with van der Waals surface area (Å²) in [4.78, 5) is 26.5. The summed E-state index contributed by atoms with van der Waals surface area (Å²) in [6.45, 7) is 2.52. The van der Waals surface area contributed by atoms with E-state index in [1.54, 1.807) is 34.4 Å². The number of Topliss-reactive ketones (excluding diaryl/α,β-unsaturated/α-hetero) is 1. The predicted octanol–water partition coefficient (Wildman–Crippen LogP) is 2.50. The van der Waals surface area contributed by atoms with Gasteiger partial charge in [0.05, 0.1) is 4.90 Å². The van der Waals surface area contributed by atoms with Gasteiger partial charge in [-0.1, -0.05) is 18.2 Å². The van der Waals surface area contributed by atoms with Gasteiger partial charge >= 0.3 is 0 Å². The summed E-state index contributed by atoms with van der Waals surface area (Å²) in [5.41, 5.74) is 0.364. The second kappa shape index (κ2) is 8.16. The normalized spacial score (nSPS) is 16.0. The van der Waals surface area contributed by atoms with Crippen LogP contribution < -0.4 is 0 Å². The van der Waals surface area contributed by atoms with E-state index in [2.05, 4.69) is 0 Å². The minimum absolute atomic E-state index is 0.104. The third kappa shape index (κ3) is 4.52. The average molecular weight is 405 g/mol. The lowest BCUT2D eigenvalue weighted by atomic mass is 10.2. The van der Waals surface area contributed by atoms with Gasteiger partial charge in [-0.3, -0.25) is 9.59 Å². The number of hydrogen-bond donors (Lipinski definition) is 0. The number of carbonyl (C=O) groups is 2. The Kier molecular flexibility index (Phi) is 5.88. The molecule has 1 aliphatic heterocycles. The summed E-state index contributed by atoms with van der Waals surface area (Å²) in [5, 5.41) is 1.94. The molecular formula is C19H20N2O4S2. The average Bonchev–Trinajstić information content (AvgIpc) is 3.20. The molecule has 0 aliphatic carbocycles. The van der Waals surface area contributed by atoms with Crippen molar-refractivity contribution in [3.8, 4) is 0 Å². The Balaban J connectivity index is 1.65. The van der Waals surface area contributed by atoms with E-state index >= 15 is 0 Å². The van der Waals surface area contributed by atoms with Gasteiger partial charge in [0.2, 0.25) is 15.9 Å². The van der Waals surface area contributed by atoms with Crippen molar-refractivity contribution in [2.24, 2.45) is 0 Å². The van der Waals surface area contributed by atoms with Gasteiger partial charge in [0, 0.05) is 42.7 Å². The topological polar surface area (TPSA) is 74.8 Å². The highest BCUT2D eigenvalue weighted by molar-refractivity contribution is 7.89. The summed E-state index contributed by atoms with van der Waals surface area (Å²) < 4.78 is 27.0. The van der Waals surface area contributed by atoms with Crippen molar-refractivity contribution in [3.63, 3.8) is 0 Å². The number of rotatable bonds is 5. The summed E-state index contributed by atoms with van der Waals surface area (Å²) >= 11 is 1.55. The summed E-state index contributed by atoms with van der Waals surface area (Å²) in [5.74, 6) is -0.306. The Morgan fingerprint density at radius 3 is 2.44 bits per heavy atom. The number of benzene rings is 1. The number of amides is 1. The van der Waals surface area contributed by atoms with Gasteiger partial charge in [0.25, 0.3) is 0 Å². The standard InChI is InChI=1S/C19H20N2O4S2/c1-15(22)16-4-2-6-18(14-16)27(24,25)21-11-9-20(10-12-21)19(23)8-7-17-5-3-13-26-17/h2-8,13-14H,9-12H2,1H3/b8-7+. The van der Waals surface area contributed by atoms with E-state index in [-0.39, 0.29) is 29.7 Å². The van der Waals surface area contributed by atoms with Crippen molar-refractivity contribution in [2.45, 2.75) is 11.8 Å². The van der Waals surface area contributed by atoms with Crippen molar-refractivity contribution in [1.82, 2.24) is 9.21 Å². The lowest BCUT2D eigenvalue weighted by Gasteiger charge is -2.33. The first-order valence-electron chi connectivity index (χ1n) is 8.49. The second-order valence-corrected chi connectivity index (χ2v) is 9.08. The molecule has 1 aliphatic rings. The van der Waals surface area contributed by atoms with Crippen molar-refractivity contribution < 1.29 is 18.0 Å². The molecule has 0 bridgehead atoms. The number of piperazine rings is 1. The van der Waals surface area contributed by atoms with Gasteiger partial charge in [-0.15, -0.1) is 11.3 Å². The van der Waals surface area contributed by atoms with Crippen molar-refractivity contribution in [1.29, 1.82) is 0 Å². The molecule has 1 aromatic heterocycles. The summed E-state index contributed by atoms with van der Waals surface area (Å²) in [6, 6.07) is 9.90. The van der Waals surface area contributed by atoms with Crippen LogP contribution in [0.3, 0.4) is 0 Å². The molecule has 1 saturated heterocycles. The Morgan fingerprint density at radius 2 is 1.81 bits per heavy atom. The Bertz CT molecular complexity index is 957. The molecule has 1 amide bonds. The fourth-order valence-corrected chi connectivity index (χ4v) is 4.90. The molecule has 0 atom stereocenters. The lowest BCUT2D eigenvalue weighted by molar-refractivity contribution is -0.127. The maximum Gasteiger partial charge on any atom is 0.246 e. The Hall–Kier alpha value is -2.29. The minimum atomic E-state index is -3.69. The summed E-state index contributed by atoms with van der Waals surface area (Å²) in [6.07, 6.45) is 3.29. The molecule has 2 heterocycles. The van der Waals surface area contributed by atoms with Gasteiger partial charge in [-0.05, 0) is 36.6 Å². The van der Waals surface area contributed by atoms with E-state index in [1.165, 1.54) is 29.4 Å². The number of ketones is 1. The van der Waals surface area contributed by atoms with Crippen LogP contribution in [-0.2, 0) is 14.8 Å². The smallest absolute Gasteiger partial charge is 0.246 e. The van der Waals surface area contributed by atoms with Crippen LogP contribution in [0.1, 0.15) is 22.2 Å². The van der Waals surface area contributed by atoms with E-state index < -0.39 is 10.0 Å². The van der Waals surface area contributed by atoms with E-state index in [0.29, 0.717) is 18.7 Å². The SMILES string of the molecule is CC(=O)c1cccc(S(=O)(=O)N2CCN(C(=O)/C=C/c3cccs3)CC2)c1. The molecule has 2 aromatic rings. The quantitative estimate of drug-likeness (QED) is 0.567. The van der Waals surface area contributed by atoms with Crippen LogP contribution in [0.15, 0.2) is 52.7 Å². The van der Waals surface area contributed by atoms with E-state index in [4.69, 9.17) is 0 Å². The molecule has 142 valence electrons. The zero-order valence-corrected chi connectivity index (χ0v) is 16.5. The summed E-state index contributed by atoms with van der Waals surface area (Å²) in [7, 11) is -3.69. The lowest BCUT2D eigenvalue weighted by Crippen LogP contribution is -2.50. The highest BCUT2D eigenvalue weighted by atomic mass is 32.2. The number of thiophene rings is 1. The molecular weight excluding hydrogens is 384 g/mol. The van der Waals surface area contributed by atoms with Crippen LogP contribution in [0.5, 0.6) is 0 Å². The van der Waals surface area contributed by atoms with Gasteiger partial charge in [0.15, 0.2) is 5.78 Å². The van der Waals surface area contributed by atoms with Crippen molar-refractivity contribution in [3.05, 3.63) is 58.3 Å². The number of nitrogens with zero attached hydrogens (tertiary/aromatic N) is 2. The molecule has 27 heavy (non-hydrogen) atoms. The van der Waals surface area contributed by atoms with Gasteiger partial charge in [-0.25, -0.2) is 8.42 Å². The van der Waals surface area contributed by atoms with E-state index in [9.17, 15) is 18.0 Å². The highest BCUT2D eigenvalue weighted by Crippen LogP contribution is 2.19. The van der Waals surface area contributed by atoms with Crippen molar-refractivity contribution >= 4 is 39.1 Å². The van der Waals surface area contributed by atoms with Crippen LogP contribution in [0, 0.1) is 0 Å². The molecule has 8 heteroatoms. The molecule has 3 rings (SSSR count). The van der Waals surface area contributed by atoms with Gasteiger partial charge in [0.1, 0.15) is 0 Å². The molecule has 0 N–H and O–H groups in total. The van der Waals surface area contributed by atoms with Crippen LogP contribution >= 0.6 is 11.3 Å². The first-order chi connectivity index (χ1) is 12.9. The zero-order valence-electron chi connectivity index (χ0n) is 14.9. The van der Waals surface area contributed by atoms with E-state index in [0.717, 1.165) is 4.88 Å². The van der Waals surface area contributed by atoms with Crippen LogP contribution in [0.25, 0.3) is 6.08 Å². The molecule has 0 radical (unpaired) electrons. The molecule has 1 aromatic carbocycles. The van der Waals surface area contributed by atoms with Crippen molar-refractivity contribution in [2.75, 3.05) is 26.2 Å². The Labute approximate surface area is 162 Å². The maximum absolute atomic E-state index is 12.8. The molecule has 0 unspecified atom stereocenters. The fraction of sp³-hybridized carbons (Fsp3) is 0.263.